The Morgan fingerprint density at radius 2 is 2.44 bits per heavy atom. The maximum absolute atomic E-state index is 12.1. The molecule has 3 N–H and O–H groups in total. The lowest BCUT2D eigenvalue weighted by Gasteiger charge is -2.29. The number of nitrogen functional groups attached to an aromatic ring is 1. The van der Waals surface area contributed by atoms with E-state index in [-0.39, 0.29) is 18.1 Å². The Morgan fingerprint density at radius 1 is 1.61 bits per heavy atom. The molecule has 1 unspecified atom stereocenters. The molecule has 8 nitrogen and oxygen atoms in total. The summed E-state index contributed by atoms with van der Waals surface area (Å²) in [6.07, 6.45) is -0.583. The Morgan fingerprint density at radius 3 is 3.06 bits per heavy atom. The van der Waals surface area contributed by atoms with Crippen LogP contribution in [0.1, 0.15) is 10.5 Å². The van der Waals surface area contributed by atoms with Gasteiger partial charge in [0.25, 0.3) is 5.91 Å². The maximum Gasteiger partial charge on any atom is 0.274 e. The lowest BCUT2D eigenvalue weighted by molar-refractivity contribution is 0.00315. The van der Waals surface area contributed by atoms with Crippen molar-refractivity contribution in [1.29, 1.82) is 5.26 Å². The molecule has 1 aliphatic heterocycles. The third kappa shape index (κ3) is 2.53. The Labute approximate surface area is 103 Å². The van der Waals surface area contributed by atoms with Gasteiger partial charge in [0.2, 0.25) is 0 Å². The standard InChI is InChI=1S/C10H12N6O2/c11-5-7-6-16(3-4-18-7)10(17)8-1-2-9(13-12)15-14-8/h1-2,7H,3-4,6,12H2,(H,13,15). The average Bonchev–Trinajstić information content (AvgIpc) is 2.46. The van der Waals surface area contributed by atoms with Gasteiger partial charge < -0.3 is 15.1 Å². The summed E-state index contributed by atoms with van der Waals surface area (Å²) < 4.78 is 5.16. The molecule has 0 aromatic carbocycles. The van der Waals surface area contributed by atoms with Crippen LogP contribution in [0.4, 0.5) is 5.82 Å². The van der Waals surface area contributed by atoms with Crippen LogP contribution in [0.15, 0.2) is 12.1 Å². The van der Waals surface area contributed by atoms with Gasteiger partial charge in [-0.1, -0.05) is 0 Å². The molecule has 0 spiro atoms. The van der Waals surface area contributed by atoms with Gasteiger partial charge in [0.15, 0.2) is 17.6 Å². The molecule has 2 rings (SSSR count). The van der Waals surface area contributed by atoms with Gasteiger partial charge in [-0.2, -0.15) is 5.26 Å². The summed E-state index contributed by atoms with van der Waals surface area (Å²) in [5.74, 6) is 5.26. The number of anilines is 1. The molecule has 1 amide bonds. The summed E-state index contributed by atoms with van der Waals surface area (Å²) in [5.41, 5.74) is 2.54. The Bertz CT molecular complexity index is 468. The molecule has 1 atom stereocenters. The average molecular weight is 248 g/mol. The zero-order valence-corrected chi connectivity index (χ0v) is 9.54. The number of hydrogen-bond acceptors (Lipinski definition) is 7. The fourth-order valence-corrected chi connectivity index (χ4v) is 1.60. The fourth-order valence-electron chi connectivity index (χ4n) is 1.60. The summed E-state index contributed by atoms with van der Waals surface area (Å²) >= 11 is 0. The Hall–Kier alpha value is -2.24. The predicted octanol–water partition coefficient (Wildman–Crippen LogP) is -0.873. The molecule has 1 saturated heterocycles. The first-order valence-electron chi connectivity index (χ1n) is 5.35. The van der Waals surface area contributed by atoms with E-state index in [4.69, 9.17) is 15.8 Å². The van der Waals surface area contributed by atoms with Crippen molar-refractivity contribution in [3.05, 3.63) is 17.8 Å². The van der Waals surface area contributed by atoms with E-state index in [0.717, 1.165) is 0 Å². The van der Waals surface area contributed by atoms with E-state index in [9.17, 15) is 4.79 Å². The minimum absolute atomic E-state index is 0.215. The zero-order valence-electron chi connectivity index (χ0n) is 9.54. The molecular weight excluding hydrogens is 236 g/mol. The first-order chi connectivity index (χ1) is 8.74. The SMILES string of the molecule is N#CC1CN(C(=O)c2ccc(NN)nn2)CCO1. The minimum atomic E-state index is -0.583. The highest BCUT2D eigenvalue weighted by atomic mass is 16.5. The lowest BCUT2D eigenvalue weighted by Crippen LogP contribution is -2.45. The monoisotopic (exact) mass is 248 g/mol. The number of nitrogens with one attached hydrogen (secondary N) is 1. The second-order valence-electron chi connectivity index (χ2n) is 3.69. The van der Waals surface area contributed by atoms with E-state index >= 15 is 0 Å². The van der Waals surface area contributed by atoms with Gasteiger partial charge in [0.1, 0.15) is 0 Å². The molecule has 1 aromatic heterocycles. The topological polar surface area (TPSA) is 117 Å². The van der Waals surface area contributed by atoms with Crippen LogP contribution in [0.3, 0.4) is 0 Å². The van der Waals surface area contributed by atoms with Crippen molar-refractivity contribution in [2.75, 3.05) is 25.1 Å². The summed E-state index contributed by atoms with van der Waals surface area (Å²) in [7, 11) is 0. The second-order valence-corrected chi connectivity index (χ2v) is 3.69. The van der Waals surface area contributed by atoms with Gasteiger partial charge >= 0.3 is 0 Å². The van der Waals surface area contributed by atoms with E-state index in [1.807, 2.05) is 6.07 Å². The third-order valence-corrected chi connectivity index (χ3v) is 2.53. The molecule has 0 aliphatic carbocycles. The molecule has 94 valence electrons. The summed E-state index contributed by atoms with van der Waals surface area (Å²) in [4.78, 5) is 13.6. The van der Waals surface area contributed by atoms with Crippen molar-refractivity contribution < 1.29 is 9.53 Å². The van der Waals surface area contributed by atoms with Crippen molar-refractivity contribution in [1.82, 2.24) is 15.1 Å². The first-order valence-corrected chi connectivity index (χ1v) is 5.35. The molecule has 8 heteroatoms. The van der Waals surface area contributed by atoms with E-state index < -0.39 is 6.10 Å². The number of hydrazine groups is 1. The summed E-state index contributed by atoms with van der Waals surface area (Å²) in [6, 6.07) is 5.07. The molecular formula is C10H12N6O2. The Kier molecular flexibility index (Phi) is 3.66. The van der Waals surface area contributed by atoms with Crippen molar-refractivity contribution >= 4 is 11.7 Å². The molecule has 1 aromatic rings. The number of rotatable bonds is 2. The van der Waals surface area contributed by atoms with Crippen LogP contribution < -0.4 is 11.3 Å². The summed E-state index contributed by atoms with van der Waals surface area (Å²) in [6.45, 7) is 1.03. The van der Waals surface area contributed by atoms with Crippen LogP contribution in [0, 0.1) is 11.3 Å². The largest absolute Gasteiger partial charge is 0.360 e. The number of nitrogens with two attached hydrogens (primary N) is 1. The normalized spacial score (nSPS) is 19.1. The molecule has 0 radical (unpaired) electrons. The van der Waals surface area contributed by atoms with Crippen LogP contribution in [-0.4, -0.2) is 46.8 Å². The van der Waals surface area contributed by atoms with Gasteiger partial charge in [0.05, 0.1) is 19.2 Å². The number of carbonyl (C=O) groups excluding carboxylic acids is 1. The number of amides is 1. The number of morpholine rings is 1. The highest BCUT2D eigenvalue weighted by Crippen LogP contribution is 2.09. The van der Waals surface area contributed by atoms with Gasteiger partial charge in [-0.3, -0.25) is 4.79 Å². The van der Waals surface area contributed by atoms with Crippen LogP contribution in [-0.2, 0) is 4.74 Å². The maximum atomic E-state index is 12.1. The number of nitrogens with zero attached hydrogens (tertiary/aromatic N) is 4. The third-order valence-electron chi connectivity index (χ3n) is 2.53. The van der Waals surface area contributed by atoms with Crippen molar-refractivity contribution in [3.63, 3.8) is 0 Å². The number of nitriles is 1. The van der Waals surface area contributed by atoms with Crippen LogP contribution in [0.25, 0.3) is 0 Å². The van der Waals surface area contributed by atoms with Crippen molar-refractivity contribution in [2.45, 2.75) is 6.10 Å². The summed E-state index contributed by atoms with van der Waals surface area (Å²) in [5, 5.41) is 16.3. The van der Waals surface area contributed by atoms with Gasteiger partial charge in [-0.15, -0.1) is 10.2 Å². The lowest BCUT2D eigenvalue weighted by atomic mass is 10.2. The quantitative estimate of drug-likeness (QED) is 0.515. The van der Waals surface area contributed by atoms with Crippen molar-refractivity contribution in [3.8, 4) is 6.07 Å². The van der Waals surface area contributed by atoms with Crippen LogP contribution >= 0.6 is 0 Å². The van der Waals surface area contributed by atoms with Crippen LogP contribution in [0.5, 0.6) is 0 Å². The van der Waals surface area contributed by atoms with E-state index in [2.05, 4.69) is 15.6 Å². The highest BCUT2D eigenvalue weighted by Gasteiger charge is 2.25. The molecule has 18 heavy (non-hydrogen) atoms. The molecule has 2 heterocycles. The number of hydrogen-bond donors (Lipinski definition) is 2. The number of carbonyl (C=O) groups is 1. The number of aromatic nitrogens is 2. The number of ether oxygens (including phenoxy) is 1. The van der Waals surface area contributed by atoms with Crippen LogP contribution in [0.2, 0.25) is 0 Å². The predicted molar refractivity (Wildman–Crippen MR) is 61.1 cm³/mol. The molecule has 0 saturated carbocycles. The fraction of sp³-hybridized carbons (Fsp3) is 0.400. The molecule has 1 aliphatic rings. The first kappa shape index (κ1) is 12.2. The highest BCUT2D eigenvalue weighted by molar-refractivity contribution is 5.92. The van der Waals surface area contributed by atoms with Gasteiger partial charge in [-0.25, -0.2) is 5.84 Å². The molecule has 1 fully saturated rings. The minimum Gasteiger partial charge on any atom is -0.360 e. The van der Waals surface area contributed by atoms with Gasteiger partial charge in [0, 0.05) is 6.54 Å². The van der Waals surface area contributed by atoms with Crippen molar-refractivity contribution in [2.24, 2.45) is 5.84 Å². The smallest absolute Gasteiger partial charge is 0.274 e. The molecule has 0 bridgehead atoms. The van der Waals surface area contributed by atoms with E-state index in [0.29, 0.717) is 19.0 Å². The van der Waals surface area contributed by atoms with E-state index in [1.54, 1.807) is 6.07 Å². The van der Waals surface area contributed by atoms with Gasteiger partial charge in [-0.05, 0) is 12.1 Å². The second kappa shape index (κ2) is 5.39. The Balaban J connectivity index is 2.08. The zero-order chi connectivity index (χ0) is 13.0. The van der Waals surface area contributed by atoms with E-state index in [1.165, 1.54) is 11.0 Å².